The average molecular weight is 505 g/mol. The lowest BCUT2D eigenvalue weighted by Gasteiger charge is -2.07. The molecule has 0 saturated heterocycles. The Bertz CT molecular complexity index is 1440. The molecule has 0 aliphatic heterocycles. The summed E-state index contributed by atoms with van der Waals surface area (Å²) in [7, 11) is -4.09. The molecule has 0 atom stereocenters. The Labute approximate surface area is 208 Å². The summed E-state index contributed by atoms with van der Waals surface area (Å²) in [5.41, 5.74) is 4.49. The van der Waals surface area contributed by atoms with Crippen molar-refractivity contribution >= 4 is 22.2 Å². The molecule has 0 aromatic heterocycles. The zero-order valence-corrected chi connectivity index (χ0v) is 19.7. The Balaban J connectivity index is 1.28. The minimum atomic E-state index is -4.09. The van der Waals surface area contributed by atoms with Gasteiger partial charge in [0.2, 0.25) is 0 Å². The predicted octanol–water partition coefficient (Wildman–Crippen LogP) is 4.94. The number of hydrazone groups is 1. The second-order valence-corrected chi connectivity index (χ2v) is 9.10. The van der Waals surface area contributed by atoms with Gasteiger partial charge in [0.25, 0.3) is 5.91 Å². The first kappa shape index (κ1) is 24.6. The molecule has 0 bridgehead atoms. The van der Waals surface area contributed by atoms with Gasteiger partial charge in [-0.25, -0.2) is 9.82 Å². The summed E-state index contributed by atoms with van der Waals surface area (Å²) in [6.45, 7) is 0.429. The van der Waals surface area contributed by atoms with Crippen LogP contribution in [0.3, 0.4) is 0 Å². The van der Waals surface area contributed by atoms with Crippen molar-refractivity contribution in [1.29, 1.82) is 0 Å². The Kier molecular flexibility index (Phi) is 7.72. The van der Waals surface area contributed by atoms with Gasteiger partial charge in [0.1, 0.15) is 28.8 Å². The van der Waals surface area contributed by atoms with Crippen molar-refractivity contribution in [1.82, 2.24) is 5.43 Å². The number of nitrogens with one attached hydrogen (secondary N) is 1. The first-order valence-corrected chi connectivity index (χ1v) is 12.2. The quantitative estimate of drug-likeness (QED) is 0.198. The van der Waals surface area contributed by atoms with Gasteiger partial charge in [-0.1, -0.05) is 30.3 Å². The molecule has 0 aliphatic carbocycles. The van der Waals surface area contributed by atoms with Crippen molar-refractivity contribution in [3.05, 3.63) is 126 Å². The number of benzene rings is 4. The molecule has 9 heteroatoms. The normalized spacial score (nSPS) is 11.2. The maximum absolute atomic E-state index is 13.0. The standard InChI is InChI=1S/C27H21FN2O5S/c28-23-10-16-26(17-11-23)36(32,33)35-25-12-6-20(7-13-25)18-29-30-27(31)22-8-14-24(15-9-22)34-19-21-4-2-1-3-5-21/h1-18H,19H2,(H,30,31)/b29-18-. The number of hydrogen-bond acceptors (Lipinski definition) is 6. The van der Waals surface area contributed by atoms with E-state index in [1.807, 2.05) is 30.3 Å². The average Bonchev–Trinajstić information content (AvgIpc) is 2.89. The maximum atomic E-state index is 13.0. The summed E-state index contributed by atoms with van der Waals surface area (Å²) in [5.74, 6) is -0.224. The van der Waals surface area contributed by atoms with E-state index in [1.165, 1.54) is 18.3 Å². The van der Waals surface area contributed by atoms with E-state index in [2.05, 4.69) is 10.5 Å². The van der Waals surface area contributed by atoms with Crippen LogP contribution < -0.4 is 14.3 Å². The van der Waals surface area contributed by atoms with Crippen LogP contribution in [0.4, 0.5) is 4.39 Å². The van der Waals surface area contributed by atoms with Crippen molar-refractivity contribution in [2.75, 3.05) is 0 Å². The molecule has 0 saturated carbocycles. The number of carbonyl (C=O) groups is 1. The SMILES string of the molecule is O=C(N/N=C\c1ccc(OS(=O)(=O)c2ccc(F)cc2)cc1)c1ccc(OCc2ccccc2)cc1. The number of carbonyl (C=O) groups excluding carboxylic acids is 1. The van der Waals surface area contributed by atoms with Gasteiger partial charge in [-0.3, -0.25) is 4.79 Å². The smallest absolute Gasteiger partial charge is 0.339 e. The minimum Gasteiger partial charge on any atom is -0.489 e. The predicted molar refractivity (Wildman–Crippen MR) is 133 cm³/mol. The van der Waals surface area contributed by atoms with E-state index < -0.39 is 21.8 Å². The highest BCUT2D eigenvalue weighted by atomic mass is 32.2. The summed E-state index contributed by atoms with van der Waals surface area (Å²) in [5, 5.41) is 3.93. The molecule has 0 fully saturated rings. The third kappa shape index (κ3) is 6.77. The van der Waals surface area contributed by atoms with E-state index in [-0.39, 0.29) is 10.6 Å². The van der Waals surface area contributed by atoms with Crippen LogP contribution in [0.1, 0.15) is 21.5 Å². The third-order valence-corrected chi connectivity index (χ3v) is 6.19. The highest BCUT2D eigenvalue weighted by Crippen LogP contribution is 2.19. The molecule has 1 N–H and O–H groups in total. The molecule has 0 spiro atoms. The van der Waals surface area contributed by atoms with Gasteiger partial charge in [0.15, 0.2) is 0 Å². The number of amides is 1. The third-order valence-electron chi connectivity index (χ3n) is 4.93. The molecule has 4 aromatic rings. The van der Waals surface area contributed by atoms with E-state index in [0.29, 0.717) is 23.5 Å². The van der Waals surface area contributed by atoms with Gasteiger partial charge in [-0.05, 0) is 83.9 Å². The Hall–Kier alpha value is -4.50. The van der Waals surface area contributed by atoms with Crippen molar-refractivity contribution < 1.29 is 26.5 Å². The summed E-state index contributed by atoms with van der Waals surface area (Å²) in [6, 6.07) is 26.8. The Morgan fingerprint density at radius 3 is 2.14 bits per heavy atom. The fourth-order valence-electron chi connectivity index (χ4n) is 3.06. The first-order valence-electron chi connectivity index (χ1n) is 10.8. The summed E-state index contributed by atoms with van der Waals surface area (Å²) >= 11 is 0. The fraction of sp³-hybridized carbons (Fsp3) is 0.0370. The van der Waals surface area contributed by atoms with E-state index in [9.17, 15) is 17.6 Å². The van der Waals surface area contributed by atoms with Crippen LogP contribution in [0, 0.1) is 5.82 Å². The van der Waals surface area contributed by atoms with E-state index in [0.717, 1.165) is 29.8 Å². The van der Waals surface area contributed by atoms with Crippen molar-refractivity contribution in [2.45, 2.75) is 11.5 Å². The topological polar surface area (TPSA) is 94.1 Å². The second-order valence-electron chi connectivity index (χ2n) is 7.56. The van der Waals surface area contributed by atoms with Crippen LogP contribution in [0.5, 0.6) is 11.5 Å². The second kappa shape index (κ2) is 11.3. The van der Waals surface area contributed by atoms with Gasteiger partial charge < -0.3 is 8.92 Å². The van der Waals surface area contributed by atoms with Crippen LogP contribution in [0.15, 0.2) is 113 Å². The highest BCUT2D eigenvalue weighted by Gasteiger charge is 2.16. The number of nitrogens with zero attached hydrogens (tertiary/aromatic N) is 1. The largest absolute Gasteiger partial charge is 0.489 e. The summed E-state index contributed by atoms with van der Waals surface area (Å²) in [4.78, 5) is 12.2. The minimum absolute atomic E-state index is 0.0788. The van der Waals surface area contributed by atoms with Crippen LogP contribution in [0.2, 0.25) is 0 Å². The Morgan fingerprint density at radius 2 is 1.47 bits per heavy atom. The zero-order valence-electron chi connectivity index (χ0n) is 18.9. The van der Waals surface area contributed by atoms with Crippen molar-refractivity contribution in [2.24, 2.45) is 5.10 Å². The van der Waals surface area contributed by atoms with E-state index >= 15 is 0 Å². The maximum Gasteiger partial charge on any atom is 0.339 e. The number of ether oxygens (including phenoxy) is 1. The van der Waals surface area contributed by atoms with Crippen LogP contribution >= 0.6 is 0 Å². The molecule has 1 amide bonds. The molecule has 0 unspecified atom stereocenters. The molecule has 0 radical (unpaired) electrons. The van der Waals surface area contributed by atoms with E-state index in [4.69, 9.17) is 8.92 Å². The first-order chi connectivity index (χ1) is 17.4. The lowest BCUT2D eigenvalue weighted by atomic mass is 10.2. The van der Waals surface area contributed by atoms with Gasteiger partial charge >= 0.3 is 10.1 Å². The number of rotatable bonds is 9. The number of hydrogen-bond donors (Lipinski definition) is 1. The van der Waals surface area contributed by atoms with Gasteiger partial charge in [-0.2, -0.15) is 13.5 Å². The number of halogens is 1. The van der Waals surface area contributed by atoms with Crippen LogP contribution in [-0.2, 0) is 16.7 Å². The van der Waals surface area contributed by atoms with Crippen molar-refractivity contribution in [3.63, 3.8) is 0 Å². The lowest BCUT2D eigenvalue weighted by molar-refractivity contribution is 0.0955. The molecule has 36 heavy (non-hydrogen) atoms. The molecule has 7 nitrogen and oxygen atoms in total. The van der Waals surface area contributed by atoms with Gasteiger partial charge in [-0.15, -0.1) is 0 Å². The molecule has 4 rings (SSSR count). The molecular weight excluding hydrogens is 483 g/mol. The monoisotopic (exact) mass is 504 g/mol. The summed E-state index contributed by atoms with van der Waals surface area (Å²) < 4.78 is 48.3. The highest BCUT2D eigenvalue weighted by molar-refractivity contribution is 7.87. The van der Waals surface area contributed by atoms with Crippen LogP contribution in [0.25, 0.3) is 0 Å². The Morgan fingerprint density at radius 1 is 0.833 bits per heavy atom. The summed E-state index contributed by atoms with van der Waals surface area (Å²) in [6.07, 6.45) is 1.41. The molecule has 0 aliphatic rings. The van der Waals surface area contributed by atoms with E-state index in [1.54, 1.807) is 36.4 Å². The lowest BCUT2D eigenvalue weighted by Crippen LogP contribution is -2.17. The molecule has 4 aromatic carbocycles. The molecule has 0 heterocycles. The van der Waals surface area contributed by atoms with Gasteiger partial charge in [0, 0.05) is 5.56 Å². The van der Waals surface area contributed by atoms with Crippen LogP contribution in [-0.4, -0.2) is 20.5 Å². The zero-order chi connectivity index (χ0) is 25.4. The molecular formula is C27H21FN2O5S. The molecule has 182 valence electrons. The fourth-order valence-corrected chi connectivity index (χ4v) is 3.99. The van der Waals surface area contributed by atoms with Crippen molar-refractivity contribution in [3.8, 4) is 11.5 Å². The van der Waals surface area contributed by atoms with Gasteiger partial charge in [0.05, 0.1) is 6.21 Å².